The largest absolute Gasteiger partial charge is 0.304 e. The Morgan fingerprint density at radius 3 is 2.06 bits per heavy atom. The van der Waals surface area contributed by atoms with Gasteiger partial charge in [-0.2, -0.15) is 0 Å². The van der Waals surface area contributed by atoms with Crippen LogP contribution in [0.25, 0.3) is 0 Å². The summed E-state index contributed by atoms with van der Waals surface area (Å²) in [7, 11) is -1.22. The summed E-state index contributed by atoms with van der Waals surface area (Å²) in [6.45, 7) is 13.1. The molecule has 0 aliphatic carbocycles. The van der Waals surface area contributed by atoms with E-state index in [9.17, 15) is 0 Å². The van der Waals surface area contributed by atoms with Crippen molar-refractivity contribution in [3.8, 4) is 0 Å². The minimum atomic E-state index is -1.22. The summed E-state index contributed by atoms with van der Waals surface area (Å²) < 4.78 is 0. The van der Waals surface area contributed by atoms with Gasteiger partial charge < -0.3 is 4.90 Å². The zero-order valence-corrected chi connectivity index (χ0v) is 12.2. The second-order valence-electron chi connectivity index (χ2n) is 5.03. The van der Waals surface area contributed by atoms with E-state index in [1.165, 1.54) is 25.7 Å². The summed E-state index contributed by atoms with van der Waals surface area (Å²) in [5.41, 5.74) is 0. The quantitative estimate of drug-likeness (QED) is 0.685. The Morgan fingerprint density at radius 1 is 1.00 bits per heavy atom. The van der Waals surface area contributed by atoms with E-state index in [2.05, 4.69) is 62.2 Å². The summed E-state index contributed by atoms with van der Waals surface area (Å²) >= 11 is 0. The van der Waals surface area contributed by atoms with Crippen LogP contribution >= 0.6 is 0 Å². The topological polar surface area (TPSA) is 3.24 Å². The van der Waals surface area contributed by atoms with Gasteiger partial charge in [-0.25, -0.2) is 0 Å². The molecule has 0 N–H and O–H groups in total. The Hall–Kier alpha value is -0.603. The fourth-order valence-electron chi connectivity index (χ4n) is 2.01. The van der Waals surface area contributed by atoms with Crippen molar-refractivity contribution in [2.24, 2.45) is 0 Å². The number of hydrogen-bond acceptors (Lipinski definition) is 1. The van der Waals surface area contributed by atoms with Crippen LogP contribution in [-0.2, 0) is 0 Å². The van der Waals surface area contributed by atoms with Crippen LogP contribution in [-0.4, -0.2) is 32.6 Å². The number of hydrogen-bond donors (Lipinski definition) is 0. The van der Waals surface area contributed by atoms with Gasteiger partial charge in [-0.1, -0.05) is 62.5 Å². The zero-order valence-electron chi connectivity index (χ0n) is 11.2. The predicted octanol–water partition coefficient (Wildman–Crippen LogP) is 2.94. The third-order valence-corrected chi connectivity index (χ3v) is 6.87. The van der Waals surface area contributed by atoms with Gasteiger partial charge in [0.05, 0.1) is 8.07 Å². The molecule has 90 valence electrons. The molecule has 0 fully saturated rings. The minimum Gasteiger partial charge on any atom is -0.304 e. The first kappa shape index (κ1) is 13.5. The summed E-state index contributed by atoms with van der Waals surface area (Å²) in [5.74, 6) is 0. The highest BCUT2D eigenvalue weighted by Gasteiger charge is 2.23. The summed E-state index contributed by atoms with van der Waals surface area (Å²) in [5, 5.41) is 1.59. The van der Waals surface area contributed by atoms with E-state index in [0.717, 1.165) is 0 Å². The van der Waals surface area contributed by atoms with Crippen LogP contribution in [0.4, 0.5) is 0 Å². The second kappa shape index (κ2) is 6.21. The van der Waals surface area contributed by atoms with Gasteiger partial charge in [0, 0.05) is 0 Å². The first-order chi connectivity index (χ1) is 7.60. The second-order valence-corrected chi connectivity index (χ2v) is 9.87. The number of benzene rings is 1. The lowest BCUT2D eigenvalue weighted by Crippen LogP contribution is -2.44. The molecule has 0 unspecified atom stereocenters. The van der Waals surface area contributed by atoms with E-state index >= 15 is 0 Å². The molecule has 0 heterocycles. The summed E-state index contributed by atoms with van der Waals surface area (Å²) in [6.07, 6.45) is 0. The van der Waals surface area contributed by atoms with Crippen molar-refractivity contribution >= 4 is 13.3 Å². The van der Waals surface area contributed by atoms with Crippen molar-refractivity contribution in [1.82, 2.24) is 4.90 Å². The van der Waals surface area contributed by atoms with Crippen LogP contribution in [0.1, 0.15) is 13.8 Å². The van der Waals surface area contributed by atoms with Crippen LogP contribution in [0, 0.1) is 0 Å². The molecule has 1 rings (SSSR count). The average molecular weight is 235 g/mol. The Labute approximate surface area is 101 Å². The molecule has 0 aliphatic heterocycles. The van der Waals surface area contributed by atoms with E-state index in [1.807, 2.05) is 0 Å². The molecular weight excluding hydrogens is 210 g/mol. The molecule has 0 bridgehead atoms. The van der Waals surface area contributed by atoms with E-state index in [1.54, 1.807) is 5.19 Å². The molecule has 0 aliphatic rings. The standard InChI is InChI=1S/C14H25NSi/c1-5-15(6-2)12-13-16(3,4)14-10-8-7-9-11-14/h7-11H,5-6,12-13H2,1-4H3. The van der Waals surface area contributed by atoms with Gasteiger partial charge >= 0.3 is 0 Å². The predicted molar refractivity (Wildman–Crippen MR) is 76.2 cm³/mol. The van der Waals surface area contributed by atoms with Crippen molar-refractivity contribution in [2.45, 2.75) is 33.0 Å². The summed E-state index contributed by atoms with van der Waals surface area (Å²) in [4.78, 5) is 2.53. The smallest absolute Gasteiger partial charge is 0.0818 e. The van der Waals surface area contributed by atoms with E-state index in [-0.39, 0.29) is 0 Å². The lowest BCUT2D eigenvalue weighted by molar-refractivity contribution is 0.320. The maximum Gasteiger partial charge on any atom is 0.0818 e. The number of nitrogens with zero attached hydrogens (tertiary/aromatic N) is 1. The van der Waals surface area contributed by atoms with Crippen LogP contribution in [0.5, 0.6) is 0 Å². The van der Waals surface area contributed by atoms with E-state index in [0.29, 0.717) is 0 Å². The molecule has 0 radical (unpaired) electrons. The molecule has 0 aromatic heterocycles. The Kier molecular flexibility index (Phi) is 5.23. The maximum absolute atomic E-state index is 2.53. The SMILES string of the molecule is CCN(CC)CC[Si](C)(C)c1ccccc1. The van der Waals surface area contributed by atoms with Crippen LogP contribution in [0.15, 0.2) is 30.3 Å². The fraction of sp³-hybridized carbons (Fsp3) is 0.571. The molecule has 0 atom stereocenters. The average Bonchev–Trinajstić information content (AvgIpc) is 2.31. The summed E-state index contributed by atoms with van der Waals surface area (Å²) in [6, 6.07) is 12.4. The van der Waals surface area contributed by atoms with Gasteiger partial charge in [-0.05, 0) is 25.7 Å². The normalized spacial score (nSPS) is 12.1. The minimum absolute atomic E-state index is 1.18. The first-order valence-electron chi connectivity index (χ1n) is 6.38. The number of rotatable bonds is 6. The molecule has 1 nitrogen and oxygen atoms in total. The van der Waals surface area contributed by atoms with Gasteiger partial charge in [0.2, 0.25) is 0 Å². The fourth-order valence-corrected chi connectivity index (χ4v) is 4.27. The van der Waals surface area contributed by atoms with Gasteiger partial charge in [-0.15, -0.1) is 0 Å². The van der Waals surface area contributed by atoms with E-state index < -0.39 is 8.07 Å². The molecule has 0 saturated carbocycles. The monoisotopic (exact) mass is 235 g/mol. The van der Waals surface area contributed by atoms with Crippen molar-refractivity contribution in [2.75, 3.05) is 19.6 Å². The molecule has 1 aromatic carbocycles. The molecule has 1 aromatic rings. The highest BCUT2D eigenvalue weighted by atomic mass is 28.3. The molecule has 16 heavy (non-hydrogen) atoms. The Morgan fingerprint density at radius 2 is 1.56 bits per heavy atom. The van der Waals surface area contributed by atoms with Gasteiger partial charge in [0.15, 0.2) is 0 Å². The third-order valence-electron chi connectivity index (χ3n) is 3.50. The maximum atomic E-state index is 2.53. The van der Waals surface area contributed by atoms with Gasteiger partial charge in [0.25, 0.3) is 0 Å². The van der Waals surface area contributed by atoms with Crippen molar-refractivity contribution in [1.29, 1.82) is 0 Å². The lowest BCUT2D eigenvalue weighted by Gasteiger charge is -2.27. The highest BCUT2D eigenvalue weighted by Crippen LogP contribution is 2.10. The van der Waals surface area contributed by atoms with Gasteiger partial charge in [-0.3, -0.25) is 0 Å². The van der Waals surface area contributed by atoms with Crippen molar-refractivity contribution in [3.05, 3.63) is 30.3 Å². The van der Waals surface area contributed by atoms with Gasteiger partial charge in [0.1, 0.15) is 0 Å². The zero-order chi connectivity index (χ0) is 12.0. The first-order valence-corrected chi connectivity index (χ1v) is 9.58. The van der Waals surface area contributed by atoms with Crippen molar-refractivity contribution < 1.29 is 0 Å². The van der Waals surface area contributed by atoms with Crippen LogP contribution in [0.2, 0.25) is 19.1 Å². The molecule has 0 amide bonds. The highest BCUT2D eigenvalue weighted by molar-refractivity contribution is 6.89. The van der Waals surface area contributed by atoms with Crippen LogP contribution in [0.3, 0.4) is 0 Å². The lowest BCUT2D eigenvalue weighted by atomic mass is 10.4. The molecule has 0 spiro atoms. The molecule has 0 saturated heterocycles. The molecular formula is C14H25NSi. The van der Waals surface area contributed by atoms with E-state index in [4.69, 9.17) is 0 Å². The Balaban J connectivity index is 2.58. The molecule has 2 heteroatoms. The Bertz CT molecular complexity index is 291. The van der Waals surface area contributed by atoms with Crippen molar-refractivity contribution in [3.63, 3.8) is 0 Å². The van der Waals surface area contributed by atoms with Crippen LogP contribution < -0.4 is 5.19 Å². The third kappa shape index (κ3) is 3.76.